The van der Waals surface area contributed by atoms with Gasteiger partial charge in [0.05, 0.1) is 13.2 Å². The van der Waals surface area contributed by atoms with Gasteiger partial charge < -0.3 is 9.47 Å². The van der Waals surface area contributed by atoms with E-state index in [0.717, 1.165) is 24.3 Å². The lowest BCUT2D eigenvalue weighted by atomic mass is 9.76. The van der Waals surface area contributed by atoms with Crippen molar-refractivity contribution in [1.29, 1.82) is 0 Å². The zero-order valence-electron chi connectivity index (χ0n) is 18.0. The Labute approximate surface area is 184 Å². The van der Waals surface area contributed by atoms with Crippen LogP contribution in [0.3, 0.4) is 0 Å². The summed E-state index contributed by atoms with van der Waals surface area (Å²) < 4.78 is 36.7. The van der Waals surface area contributed by atoms with Gasteiger partial charge >= 0.3 is 11.9 Å². The molecule has 0 aliphatic carbocycles. The number of ether oxygens (including phenoxy) is 2. The molecule has 0 aliphatic rings. The molecule has 0 aromatic heterocycles. The van der Waals surface area contributed by atoms with Gasteiger partial charge in [-0.15, -0.1) is 0 Å². The van der Waals surface area contributed by atoms with Gasteiger partial charge in [-0.2, -0.15) is 0 Å². The molecule has 2 atom stereocenters. The van der Waals surface area contributed by atoms with E-state index in [9.17, 15) is 28.0 Å². The van der Waals surface area contributed by atoms with Crippen LogP contribution in [0.4, 0.5) is 8.78 Å². The molecular weight excluding hydrogens is 422 g/mol. The first kappa shape index (κ1) is 24.8. The second-order valence-electron chi connectivity index (χ2n) is 7.06. The van der Waals surface area contributed by atoms with Crippen LogP contribution in [0.1, 0.15) is 41.5 Å². The summed E-state index contributed by atoms with van der Waals surface area (Å²) in [6.45, 7) is 4.43. The number of hydrogen-bond donors (Lipinski definition) is 0. The second kappa shape index (κ2) is 11.3. The van der Waals surface area contributed by atoms with E-state index in [-0.39, 0.29) is 24.3 Å². The molecule has 170 valence electrons. The molecule has 2 aromatic carbocycles. The average Bonchev–Trinajstić information content (AvgIpc) is 2.75. The van der Waals surface area contributed by atoms with Crippen molar-refractivity contribution < 1.29 is 37.4 Å². The van der Waals surface area contributed by atoms with E-state index in [2.05, 4.69) is 0 Å². The predicted octanol–water partition coefficient (Wildman–Crippen LogP) is 4.03. The van der Waals surface area contributed by atoms with Crippen LogP contribution in [-0.4, -0.2) is 36.7 Å². The van der Waals surface area contributed by atoms with Crippen LogP contribution in [0.15, 0.2) is 48.5 Å². The first-order valence-electron chi connectivity index (χ1n) is 10.1. The largest absolute Gasteiger partial charge is 0.465 e. The molecule has 8 heteroatoms. The number of ketones is 2. The summed E-state index contributed by atoms with van der Waals surface area (Å²) in [5.74, 6) is -8.65. The van der Waals surface area contributed by atoms with Gasteiger partial charge in [-0.1, -0.05) is 6.92 Å². The Balaban J connectivity index is 2.51. The van der Waals surface area contributed by atoms with E-state index in [1.54, 1.807) is 13.8 Å². The fourth-order valence-corrected chi connectivity index (χ4v) is 3.36. The van der Waals surface area contributed by atoms with Crippen molar-refractivity contribution in [2.24, 2.45) is 17.8 Å². The summed E-state index contributed by atoms with van der Waals surface area (Å²) in [7, 11) is 0. The highest BCUT2D eigenvalue weighted by Crippen LogP contribution is 2.30. The van der Waals surface area contributed by atoms with Crippen LogP contribution in [0.25, 0.3) is 0 Å². The number of carbonyl (C=O) groups excluding carboxylic acids is 4. The average molecular weight is 446 g/mol. The normalized spacial score (nSPS) is 13.5. The first-order valence-corrected chi connectivity index (χ1v) is 10.1. The van der Waals surface area contributed by atoms with Crippen LogP contribution < -0.4 is 0 Å². The number of Topliss-reactive ketones (excluding diaryl/α,β-unsaturated/α-hetero) is 2. The summed E-state index contributed by atoms with van der Waals surface area (Å²) >= 11 is 0. The molecule has 0 saturated heterocycles. The fourth-order valence-electron chi connectivity index (χ4n) is 3.36. The lowest BCUT2D eigenvalue weighted by Crippen LogP contribution is -2.42. The Morgan fingerprint density at radius 2 is 1.00 bits per heavy atom. The standard InChI is InChI=1S/C24H24F2O6/c1-4-31-23(29)19(21(27)15-6-10-17(25)11-7-15)14(3)20(24(30)32-5-2)22(28)16-8-12-18(26)13-9-16/h6-14,19-20H,4-5H2,1-3H3. The Bertz CT molecular complexity index is 889. The third-order valence-corrected chi connectivity index (χ3v) is 4.96. The van der Waals surface area contributed by atoms with Gasteiger partial charge in [0.15, 0.2) is 11.6 Å². The monoisotopic (exact) mass is 446 g/mol. The molecule has 2 unspecified atom stereocenters. The first-order chi connectivity index (χ1) is 15.2. The van der Waals surface area contributed by atoms with Crippen molar-refractivity contribution in [2.45, 2.75) is 20.8 Å². The molecular formula is C24H24F2O6. The van der Waals surface area contributed by atoms with Crippen molar-refractivity contribution in [3.05, 3.63) is 71.3 Å². The van der Waals surface area contributed by atoms with Gasteiger partial charge in [0.1, 0.15) is 23.5 Å². The highest BCUT2D eigenvalue weighted by Gasteiger charge is 2.44. The summed E-state index contributed by atoms with van der Waals surface area (Å²) in [6.07, 6.45) is 0. The summed E-state index contributed by atoms with van der Waals surface area (Å²) in [5.41, 5.74) is 0.0429. The van der Waals surface area contributed by atoms with Gasteiger partial charge in [-0.25, -0.2) is 8.78 Å². The van der Waals surface area contributed by atoms with Crippen LogP contribution in [0, 0.1) is 29.4 Å². The van der Waals surface area contributed by atoms with Crippen LogP contribution in [0.2, 0.25) is 0 Å². The summed E-state index contributed by atoms with van der Waals surface area (Å²) in [6, 6.07) is 9.07. The van der Waals surface area contributed by atoms with Crippen LogP contribution in [-0.2, 0) is 19.1 Å². The number of benzene rings is 2. The second-order valence-corrected chi connectivity index (χ2v) is 7.06. The number of rotatable bonds is 10. The number of carbonyl (C=O) groups is 4. The lowest BCUT2D eigenvalue weighted by molar-refractivity contribution is -0.152. The van der Waals surface area contributed by atoms with Crippen molar-refractivity contribution in [2.75, 3.05) is 13.2 Å². The SMILES string of the molecule is CCOC(=O)C(C(=O)c1ccc(F)cc1)C(C)C(C(=O)OCC)C(=O)c1ccc(F)cc1. The molecule has 0 radical (unpaired) electrons. The number of halogens is 2. The molecule has 0 bridgehead atoms. The minimum absolute atomic E-state index is 0.0214. The maximum Gasteiger partial charge on any atom is 0.317 e. The number of esters is 2. The lowest BCUT2D eigenvalue weighted by Gasteiger charge is -2.27. The van der Waals surface area contributed by atoms with Crippen molar-refractivity contribution in [3.8, 4) is 0 Å². The Hall–Kier alpha value is -3.42. The summed E-state index contributed by atoms with van der Waals surface area (Å²) in [4.78, 5) is 51.8. The topological polar surface area (TPSA) is 86.7 Å². The highest BCUT2D eigenvalue weighted by molar-refractivity contribution is 6.12. The van der Waals surface area contributed by atoms with Gasteiger partial charge in [0, 0.05) is 11.1 Å². The van der Waals surface area contributed by atoms with E-state index < -0.39 is 52.9 Å². The van der Waals surface area contributed by atoms with Crippen molar-refractivity contribution >= 4 is 23.5 Å². The molecule has 0 N–H and O–H groups in total. The van der Waals surface area contributed by atoms with Crippen molar-refractivity contribution in [1.82, 2.24) is 0 Å². The van der Waals surface area contributed by atoms with Gasteiger partial charge in [-0.3, -0.25) is 19.2 Å². The molecule has 6 nitrogen and oxygen atoms in total. The summed E-state index contributed by atoms with van der Waals surface area (Å²) in [5, 5.41) is 0. The smallest absolute Gasteiger partial charge is 0.317 e. The zero-order valence-corrected chi connectivity index (χ0v) is 18.0. The maximum absolute atomic E-state index is 13.3. The quantitative estimate of drug-likeness (QED) is 0.311. The highest BCUT2D eigenvalue weighted by atomic mass is 19.1. The Morgan fingerprint density at radius 1 is 0.688 bits per heavy atom. The van der Waals surface area contributed by atoms with E-state index in [0.29, 0.717) is 0 Å². The molecule has 2 rings (SSSR count). The molecule has 0 amide bonds. The minimum atomic E-state index is -1.53. The van der Waals surface area contributed by atoms with E-state index in [1.165, 1.54) is 31.2 Å². The molecule has 0 fully saturated rings. The molecule has 0 saturated carbocycles. The minimum Gasteiger partial charge on any atom is -0.465 e. The molecule has 32 heavy (non-hydrogen) atoms. The van der Waals surface area contributed by atoms with Gasteiger partial charge in [-0.05, 0) is 68.3 Å². The third kappa shape index (κ3) is 5.84. The molecule has 0 aliphatic heterocycles. The molecule has 0 heterocycles. The van der Waals surface area contributed by atoms with E-state index in [1.807, 2.05) is 0 Å². The zero-order chi connectivity index (χ0) is 23.8. The van der Waals surface area contributed by atoms with Crippen LogP contribution in [0.5, 0.6) is 0 Å². The Kier molecular flexibility index (Phi) is 8.75. The van der Waals surface area contributed by atoms with Gasteiger partial charge in [0.2, 0.25) is 0 Å². The number of hydrogen-bond acceptors (Lipinski definition) is 6. The molecule has 2 aromatic rings. The predicted molar refractivity (Wildman–Crippen MR) is 111 cm³/mol. The van der Waals surface area contributed by atoms with E-state index in [4.69, 9.17) is 9.47 Å². The van der Waals surface area contributed by atoms with E-state index >= 15 is 0 Å². The van der Waals surface area contributed by atoms with Crippen LogP contribution >= 0.6 is 0 Å². The fraction of sp³-hybridized carbons (Fsp3) is 0.333. The van der Waals surface area contributed by atoms with Crippen molar-refractivity contribution in [3.63, 3.8) is 0 Å². The maximum atomic E-state index is 13.3. The van der Waals surface area contributed by atoms with Gasteiger partial charge in [0.25, 0.3) is 0 Å². The third-order valence-electron chi connectivity index (χ3n) is 4.96. The molecule has 0 spiro atoms. The Morgan fingerprint density at radius 3 is 1.28 bits per heavy atom.